The van der Waals surface area contributed by atoms with E-state index in [4.69, 9.17) is 11.6 Å². The zero-order chi connectivity index (χ0) is 14.5. The lowest BCUT2D eigenvalue weighted by molar-refractivity contribution is 0.102. The van der Waals surface area contributed by atoms with Crippen LogP contribution < -0.4 is 10.6 Å². The number of aryl methyl sites for hydroxylation is 1. The topological polar surface area (TPSA) is 41.1 Å². The number of halogens is 1. The van der Waals surface area contributed by atoms with Gasteiger partial charge in [0.15, 0.2) is 0 Å². The minimum absolute atomic E-state index is 0.145. The molecule has 2 aromatic carbocycles. The maximum atomic E-state index is 12.4. The number of hydrogen-bond acceptors (Lipinski definition) is 2. The summed E-state index contributed by atoms with van der Waals surface area (Å²) >= 11 is 5.95. The number of carbonyl (C=O) groups is 1. The Labute approximate surface area is 124 Å². The maximum absolute atomic E-state index is 12.4. The van der Waals surface area contributed by atoms with Crippen LogP contribution in [-0.2, 0) is 6.54 Å². The monoisotopic (exact) mass is 288 g/mol. The minimum Gasteiger partial charge on any atom is -0.322 e. The summed E-state index contributed by atoms with van der Waals surface area (Å²) in [6.45, 7) is 2.59. The molecule has 0 aliphatic heterocycles. The van der Waals surface area contributed by atoms with E-state index < -0.39 is 0 Å². The van der Waals surface area contributed by atoms with Crippen LogP contribution in [-0.4, -0.2) is 13.0 Å². The molecule has 0 radical (unpaired) electrons. The van der Waals surface area contributed by atoms with Crippen molar-refractivity contribution in [2.45, 2.75) is 13.5 Å². The Morgan fingerprint density at radius 2 is 1.95 bits per heavy atom. The Morgan fingerprint density at radius 3 is 2.70 bits per heavy atom. The van der Waals surface area contributed by atoms with E-state index in [1.807, 2.05) is 44.3 Å². The van der Waals surface area contributed by atoms with Crippen molar-refractivity contribution in [1.29, 1.82) is 0 Å². The van der Waals surface area contributed by atoms with Crippen LogP contribution in [0.15, 0.2) is 42.5 Å². The molecule has 0 fully saturated rings. The Kier molecular flexibility index (Phi) is 4.77. The lowest BCUT2D eigenvalue weighted by atomic mass is 10.1. The number of hydrogen-bond donors (Lipinski definition) is 2. The Balaban J connectivity index is 2.26. The number of benzene rings is 2. The molecule has 0 saturated carbocycles. The van der Waals surface area contributed by atoms with Crippen LogP contribution >= 0.6 is 11.6 Å². The average Bonchev–Trinajstić information content (AvgIpc) is 2.44. The molecule has 20 heavy (non-hydrogen) atoms. The molecule has 0 aliphatic rings. The second-order valence-electron chi connectivity index (χ2n) is 4.60. The zero-order valence-electron chi connectivity index (χ0n) is 11.5. The summed E-state index contributed by atoms with van der Waals surface area (Å²) in [5, 5.41) is 6.59. The summed E-state index contributed by atoms with van der Waals surface area (Å²) < 4.78 is 0. The number of anilines is 1. The van der Waals surface area contributed by atoms with Crippen LogP contribution in [0.2, 0.25) is 5.02 Å². The summed E-state index contributed by atoms with van der Waals surface area (Å²) in [7, 11) is 1.87. The van der Waals surface area contributed by atoms with Gasteiger partial charge in [0.2, 0.25) is 0 Å². The van der Waals surface area contributed by atoms with Crippen LogP contribution in [0.3, 0.4) is 0 Å². The molecule has 0 heterocycles. The summed E-state index contributed by atoms with van der Waals surface area (Å²) in [6.07, 6.45) is 0. The van der Waals surface area contributed by atoms with Gasteiger partial charge in [-0.05, 0) is 43.3 Å². The molecular weight excluding hydrogens is 272 g/mol. The molecule has 2 aromatic rings. The van der Waals surface area contributed by atoms with E-state index in [0.717, 1.165) is 16.8 Å². The van der Waals surface area contributed by atoms with Gasteiger partial charge in [-0.15, -0.1) is 0 Å². The van der Waals surface area contributed by atoms with Gasteiger partial charge in [0, 0.05) is 22.8 Å². The van der Waals surface area contributed by atoms with Crippen molar-refractivity contribution >= 4 is 23.2 Å². The highest BCUT2D eigenvalue weighted by atomic mass is 35.5. The van der Waals surface area contributed by atoms with E-state index in [1.54, 1.807) is 12.1 Å². The van der Waals surface area contributed by atoms with Gasteiger partial charge < -0.3 is 10.6 Å². The van der Waals surface area contributed by atoms with Crippen LogP contribution in [0, 0.1) is 6.92 Å². The molecule has 2 rings (SSSR count). The van der Waals surface area contributed by atoms with Gasteiger partial charge in [-0.3, -0.25) is 4.79 Å². The summed E-state index contributed by atoms with van der Waals surface area (Å²) in [4.78, 5) is 12.4. The van der Waals surface area contributed by atoms with Crippen LogP contribution in [0.1, 0.15) is 21.5 Å². The molecule has 4 heteroatoms. The first-order valence-corrected chi connectivity index (χ1v) is 6.79. The third kappa shape index (κ3) is 3.38. The fraction of sp³-hybridized carbons (Fsp3) is 0.188. The summed E-state index contributed by atoms with van der Waals surface area (Å²) in [5.41, 5.74) is 3.35. The number of amides is 1. The van der Waals surface area contributed by atoms with E-state index in [-0.39, 0.29) is 5.91 Å². The second-order valence-corrected chi connectivity index (χ2v) is 5.04. The molecule has 0 spiro atoms. The average molecular weight is 289 g/mol. The molecule has 0 saturated heterocycles. The van der Waals surface area contributed by atoms with Gasteiger partial charge in [0.25, 0.3) is 5.91 Å². The highest BCUT2D eigenvalue weighted by Crippen LogP contribution is 2.19. The predicted molar refractivity (Wildman–Crippen MR) is 83.3 cm³/mol. The normalized spacial score (nSPS) is 10.3. The largest absolute Gasteiger partial charge is 0.322 e. The van der Waals surface area contributed by atoms with E-state index in [0.29, 0.717) is 17.1 Å². The van der Waals surface area contributed by atoms with Gasteiger partial charge in [-0.1, -0.05) is 35.9 Å². The van der Waals surface area contributed by atoms with Gasteiger partial charge in [0.05, 0.1) is 0 Å². The van der Waals surface area contributed by atoms with Crippen molar-refractivity contribution in [3.8, 4) is 0 Å². The quantitative estimate of drug-likeness (QED) is 0.902. The molecule has 2 N–H and O–H groups in total. The van der Waals surface area contributed by atoms with Crippen molar-refractivity contribution in [1.82, 2.24) is 5.32 Å². The van der Waals surface area contributed by atoms with Crippen LogP contribution in [0.5, 0.6) is 0 Å². The Bertz CT molecular complexity index is 626. The molecule has 0 aromatic heterocycles. The number of para-hydroxylation sites is 1. The van der Waals surface area contributed by atoms with E-state index in [2.05, 4.69) is 10.6 Å². The van der Waals surface area contributed by atoms with Crippen molar-refractivity contribution in [2.75, 3.05) is 12.4 Å². The second kappa shape index (κ2) is 6.55. The van der Waals surface area contributed by atoms with E-state index in [9.17, 15) is 4.79 Å². The standard InChI is InChI=1S/C16H17ClN2O/c1-11-7-8-13(17)9-14(11)16(20)19-15-6-4-3-5-12(15)10-18-2/h3-9,18H,10H2,1-2H3,(H,19,20). The molecule has 0 atom stereocenters. The van der Waals surface area contributed by atoms with Gasteiger partial charge in [-0.2, -0.15) is 0 Å². The summed E-state index contributed by atoms with van der Waals surface area (Å²) in [6, 6.07) is 13.0. The predicted octanol–water partition coefficient (Wildman–Crippen LogP) is 3.62. The first kappa shape index (κ1) is 14.6. The third-order valence-electron chi connectivity index (χ3n) is 3.08. The number of rotatable bonds is 4. The smallest absolute Gasteiger partial charge is 0.255 e. The van der Waals surface area contributed by atoms with Crippen molar-refractivity contribution in [2.24, 2.45) is 0 Å². The Morgan fingerprint density at radius 1 is 1.20 bits per heavy atom. The highest BCUT2D eigenvalue weighted by Gasteiger charge is 2.11. The molecule has 1 amide bonds. The van der Waals surface area contributed by atoms with Crippen molar-refractivity contribution in [3.05, 3.63) is 64.2 Å². The summed E-state index contributed by atoms with van der Waals surface area (Å²) in [5.74, 6) is -0.145. The van der Waals surface area contributed by atoms with Crippen LogP contribution in [0.4, 0.5) is 5.69 Å². The third-order valence-corrected chi connectivity index (χ3v) is 3.31. The molecule has 0 unspecified atom stereocenters. The van der Waals surface area contributed by atoms with Gasteiger partial charge in [0.1, 0.15) is 0 Å². The lowest BCUT2D eigenvalue weighted by Gasteiger charge is -2.12. The number of nitrogens with one attached hydrogen (secondary N) is 2. The van der Waals surface area contributed by atoms with Crippen molar-refractivity contribution in [3.63, 3.8) is 0 Å². The first-order valence-electron chi connectivity index (χ1n) is 6.42. The van der Waals surface area contributed by atoms with Gasteiger partial charge >= 0.3 is 0 Å². The van der Waals surface area contributed by atoms with E-state index >= 15 is 0 Å². The number of carbonyl (C=O) groups excluding carboxylic acids is 1. The SMILES string of the molecule is CNCc1ccccc1NC(=O)c1cc(Cl)ccc1C. The highest BCUT2D eigenvalue weighted by molar-refractivity contribution is 6.31. The maximum Gasteiger partial charge on any atom is 0.255 e. The van der Waals surface area contributed by atoms with Gasteiger partial charge in [-0.25, -0.2) is 0 Å². The fourth-order valence-electron chi connectivity index (χ4n) is 2.02. The molecule has 3 nitrogen and oxygen atoms in total. The zero-order valence-corrected chi connectivity index (χ0v) is 12.3. The van der Waals surface area contributed by atoms with Crippen LogP contribution in [0.25, 0.3) is 0 Å². The first-order chi connectivity index (χ1) is 9.61. The fourth-order valence-corrected chi connectivity index (χ4v) is 2.19. The minimum atomic E-state index is -0.145. The van der Waals surface area contributed by atoms with Crippen molar-refractivity contribution < 1.29 is 4.79 Å². The van der Waals surface area contributed by atoms with E-state index in [1.165, 1.54) is 0 Å². The molecule has 0 aliphatic carbocycles. The lowest BCUT2D eigenvalue weighted by Crippen LogP contribution is -2.16. The Hall–Kier alpha value is -1.84. The molecule has 0 bridgehead atoms. The molecular formula is C16H17ClN2O. The molecule has 104 valence electrons.